The maximum Gasteiger partial charge on any atom is 0.195 e. The highest BCUT2D eigenvalue weighted by atomic mass is 32.1. The molecular formula is C34H38N2O3S. The molecule has 2 aliphatic heterocycles. The van der Waals surface area contributed by atoms with Gasteiger partial charge in [0.2, 0.25) is 0 Å². The van der Waals surface area contributed by atoms with Crippen molar-refractivity contribution in [3.8, 4) is 21.9 Å². The van der Waals surface area contributed by atoms with E-state index in [1.807, 2.05) is 48.5 Å². The molecule has 3 aromatic carbocycles. The molecule has 208 valence electrons. The molecule has 0 atom stereocenters. The predicted molar refractivity (Wildman–Crippen MR) is 164 cm³/mol. The van der Waals surface area contributed by atoms with Gasteiger partial charge in [0, 0.05) is 39.2 Å². The second-order valence-electron chi connectivity index (χ2n) is 10.8. The van der Waals surface area contributed by atoms with Crippen LogP contribution in [-0.2, 0) is 0 Å². The number of carbonyl (C=O) groups is 1. The molecule has 0 amide bonds. The monoisotopic (exact) mass is 554 g/mol. The van der Waals surface area contributed by atoms with E-state index in [-0.39, 0.29) is 5.78 Å². The molecule has 2 saturated heterocycles. The number of nitrogens with zero attached hydrogens (tertiary/aromatic N) is 2. The average molecular weight is 555 g/mol. The predicted octanol–water partition coefficient (Wildman–Crippen LogP) is 7.14. The lowest BCUT2D eigenvalue weighted by atomic mass is 9.97. The molecule has 0 spiro atoms. The van der Waals surface area contributed by atoms with Crippen LogP contribution in [0.3, 0.4) is 0 Å². The topological polar surface area (TPSA) is 42.0 Å². The molecule has 6 rings (SSSR count). The quantitative estimate of drug-likeness (QED) is 0.138. The van der Waals surface area contributed by atoms with Gasteiger partial charge in [0.25, 0.3) is 0 Å². The molecule has 2 fully saturated rings. The number of thiophene rings is 1. The Hall–Kier alpha value is -3.19. The summed E-state index contributed by atoms with van der Waals surface area (Å²) in [5.41, 5.74) is 2.48. The van der Waals surface area contributed by atoms with E-state index < -0.39 is 0 Å². The van der Waals surface area contributed by atoms with Crippen molar-refractivity contribution >= 4 is 27.2 Å². The molecule has 6 heteroatoms. The number of hydrogen-bond acceptors (Lipinski definition) is 6. The van der Waals surface area contributed by atoms with Crippen LogP contribution < -0.4 is 9.47 Å². The van der Waals surface area contributed by atoms with E-state index in [1.165, 1.54) is 51.9 Å². The number of fused-ring (bicyclic) bond motifs is 1. The lowest BCUT2D eigenvalue weighted by Gasteiger charge is -2.15. The van der Waals surface area contributed by atoms with Crippen molar-refractivity contribution in [3.05, 3.63) is 83.9 Å². The lowest BCUT2D eigenvalue weighted by Crippen LogP contribution is -2.25. The highest BCUT2D eigenvalue weighted by Crippen LogP contribution is 2.40. The summed E-state index contributed by atoms with van der Waals surface area (Å²) in [6.07, 6.45) is 6.26. The maximum atomic E-state index is 13.9. The molecule has 1 aromatic heterocycles. The molecule has 4 aromatic rings. The number of hydrogen-bond donors (Lipinski definition) is 0. The minimum atomic E-state index is 0.0401. The molecule has 0 bridgehead atoms. The fraction of sp³-hybridized carbons (Fsp3) is 0.382. The van der Waals surface area contributed by atoms with Crippen molar-refractivity contribution in [1.29, 1.82) is 0 Å². The first-order valence-corrected chi connectivity index (χ1v) is 15.5. The van der Waals surface area contributed by atoms with Gasteiger partial charge in [-0.05, 0) is 118 Å². The molecule has 0 aliphatic carbocycles. The summed E-state index contributed by atoms with van der Waals surface area (Å²) in [6.45, 7) is 8.24. The van der Waals surface area contributed by atoms with Crippen molar-refractivity contribution in [1.82, 2.24) is 9.80 Å². The van der Waals surface area contributed by atoms with Crippen LogP contribution in [0.4, 0.5) is 0 Å². The van der Waals surface area contributed by atoms with Gasteiger partial charge < -0.3 is 14.4 Å². The summed E-state index contributed by atoms with van der Waals surface area (Å²) in [4.78, 5) is 19.8. The Labute approximate surface area is 241 Å². The number of carbonyl (C=O) groups excluding carboxylic acids is 1. The first-order valence-electron chi connectivity index (χ1n) is 14.7. The molecule has 0 radical (unpaired) electrons. The maximum absolute atomic E-state index is 13.9. The minimum Gasteiger partial charge on any atom is -0.494 e. The molecule has 0 unspecified atom stereocenters. The number of ether oxygens (including phenoxy) is 2. The van der Waals surface area contributed by atoms with Crippen LogP contribution in [0.15, 0.2) is 72.8 Å². The van der Waals surface area contributed by atoms with Gasteiger partial charge in [-0.15, -0.1) is 11.3 Å². The third kappa shape index (κ3) is 6.41. The molecule has 0 saturated carbocycles. The highest BCUT2D eigenvalue weighted by Gasteiger charge is 2.22. The van der Waals surface area contributed by atoms with Crippen molar-refractivity contribution in [2.45, 2.75) is 32.1 Å². The Morgan fingerprint density at radius 2 is 1.30 bits per heavy atom. The van der Waals surface area contributed by atoms with Gasteiger partial charge in [-0.25, -0.2) is 0 Å². The number of benzene rings is 3. The highest BCUT2D eigenvalue weighted by molar-refractivity contribution is 7.22. The van der Waals surface area contributed by atoms with E-state index in [4.69, 9.17) is 9.47 Å². The smallest absolute Gasteiger partial charge is 0.195 e. The molecule has 0 N–H and O–H groups in total. The summed E-state index contributed by atoms with van der Waals surface area (Å²) < 4.78 is 13.1. The van der Waals surface area contributed by atoms with E-state index in [9.17, 15) is 4.79 Å². The fourth-order valence-electron chi connectivity index (χ4n) is 5.81. The van der Waals surface area contributed by atoms with Crippen molar-refractivity contribution < 1.29 is 14.3 Å². The zero-order valence-electron chi connectivity index (χ0n) is 23.1. The van der Waals surface area contributed by atoms with Crippen molar-refractivity contribution in [3.63, 3.8) is 0 Å². The summed E-state index contributed by atoms with van der Waals surface area (Å²) in [5, 5.41) is 1.00. The normalized spacial score (nSPS) is 16.1. The Morgan fingerprint density at radius 3 is 2.00 bits per heavy atom. The van der Waals surface area contributed by atoms with Crippen LogP contribution in [0.2, 0.25) is 0 Å². The summed E-state index contributed by atoms with van der Waals surface area (Å²) in [6, 6.07) is 24.0. The average Bonchev–Trinajstić information content (AvgIpc) is 3.77. The van der Waals surface area contributed by atoms with Crippen molar-refractivity contribution in [2.75, 3.05) is 52.5 Å². The van der Waals surface area contributed by atoms with E-state index >= 15 is 0 Å². The van der Waals surface area contributed by atoms with Crippen LogP contribution in [0.1, 0.15) is 48.0 Å². The number of likely N-dealkylation sites (tertiary alicyclic amines) is 2. The fourth-order valence-corrected chi connectivity index (χ4v) is 7.01. The van der Waals surface area contributed by atoms with Gasteiger partial charge in [0.05, 0.1) is 6.61 Å². The van der Waals surface area contributed by atoms with Gasteiger partial charge in [-0.1, -0.05) is 18.2 Å². The Bertz CT molecular complexity index is 1400. The Kier molecular flexibility index (Phi) is 8.77. The van der Waals surface area contributed by atoms with Gasteiger partial charge >= 0.3 is 0 Å². The summed E-state index contributed by atoms with van der Waals surface area (Å²) in [7, 11) is 0. The van der Waals surface area contributed by atoms with E-state index in [0.717, 1.165) is 63.7 Å². The zero-order valence-corrected chi connectivity index (χ0v) is 24.0. The largest absolute Gasteiger partial charge is 0.494 e. The van der Waals surface area contributed by atoms with Crippen LogP contribution >= 0.6 is 11.3 Å². The van der Waals surface area contributed by atoms with E-state index in [1.54, 1.807) is 11.3 Å². The van der Waals surface area contributed by atoms with E-state index in [0.29, 0.717) is 12.2 Å². The summed E-state index contributed by atoms with van der Waals surface area (Å²) in [5.74, 6) is 1.72. The third-order valence-electron chi connectivity index (χ3n) is 8.02. The second kappa shape index (κ2) is 13.0. The van der Waals surface area contributed by atoms with Gasteiger partial charge in [0.1, 0.15) is 18.1 Å². The zero-order chi connectivity index (χ0) is 27.1. The number of ketones is 1. The Morgan fingerprint density at radius 1 is 0.700 bits per heavy atom. The first-order chi connectivity index (χ1) is 19.7. The third-order valence-corrected chi connectivity index (χ3v) is 9.24. The van der Waals surface area contributed by atoms with Gasteiger partial charge in [-0.2, -0.15) is 0 Å². The van der Waals surface area contributed by atoms with Crippen molar-refractivity contribution in [2.24, 2.45) is 0 Å². The summed E-state index contributed by atoms with van der Waals surface area (Å²) >= 11 is 1.67. The lowest BCUT2D eigenvalue weighted by molar-refractivity contribution is 0.104. The number of rotatable bonds is 12. The molecule has 40 heavy (non-hydrogen) atoms. The van der Waals surface area contributed by atoms with Gasteiger partial charge in [-0.3, -0.25) is 9.69 Å². The molecular weight excluding hydrogens is 516 g/mol. The van der Waals surface area contributed by atoms with Crippen LogP contribution in [0.25, 0.3) is 20.5 Å². The Balaban J connectivity index is 1.14. The SMILES string of the molecule is O=C(c1ccc(OCCN2CCCC2)cc1)c1c(-c2ccc(OCCCN3CCCC3)cc2)sc2ccccc12. The first kappa shape index (κ1) is 27.0. The van der Waals surface area contributed by atoms with Crippen LogP contribution in [-0.4, -0.2) is 68.1 Å². The molecule has 3 heterocycles. The molecule has 2 aliphatic rings. The van der Waals surface area contributed by atoms with Gasteiger partial charge in [0.15, 0.2) is 5.78 Å². The van der Waals surface area contributed by atoms with Crippen LogP contribution in [0, 0.1) is 0 Å². The van der Waals surface area contributed by atoms with Crippen LogP contribution in [0.5, 0.6) is 11.5 Å². The minimum absolute atomic E-state index is 0.0401. The standard InChI is InChI=1S/C34H38N2O3S/c37-33(26-10-14-29(15-11-26)39-25-23-36-20-5-6-21-36)32-30-8-1-2-9-31(30)40-34(32)27-12-16-28(17-13-27)38-24-7-22-35-18-3-4-19-35/h1-2,8-17H,3-7,18-25H2. The second-order valence-corrected chi connectivity index (χ2v) is 11.9. The molecule has 5 nitrogen and oxygen atoms in total. The van der Waals surface area contributed by atoms with E-state index in [2.05, 4.69) is 34.1 Å².